The molecule has 2 N–H and O–H groups in total. The van der Waals surface area contributed by atoms with Crippen LogP contribution in [0.4, 0.5) is 5.69 Å². The maximum absolute atomic E-state index is 12.4. The highest BCUT2D eigenvalue weighted by atomic mass is 32.2. The number of aryl methyl sites for hydroxylation is 2. The second kappa shape index (κ2) is 10.3. The number of hydrazone groups is 1. The van der Waals surface area contributed by atoms with Crippen LogP contribution in [0.5, 0.6) is 0 Å². The van der Waals surface area contributed by atoms with E-state index >= 15 is 0 Å². The number of aromatic carboxylic acids is 1. The normalized spacial score (nSPS) is 11.4. The van der Waals surface area contributed by atoms with E-state index in [2.05, 4.69) is 10.5 Å². The van der Waals surface area contributed by atoms with Crippen LogP contribution in [0.15, 0.2) is 71.8 Å². The van der Waals surface area contributed by atoms with Gasteiger partial charge < -0.3 is 5.11 Å². The van der Waals surface area contributed by atoms with Gasteiger partial charge in [0.2, 0.25) is 10.0 Å². The molecule has 0 aromatic heterocycles. The summed E-state index contributed by atoms with van der Waals surface area (Å²) < 4.78 is 26.2. The second-order valence-corrected chi connectivity index (χ2v) is 9.77. The molecule has 0 saturated carbocycles. The molecule has 176 valence electrons. The van der Waals surface area contributed by atoms with Gasteiger partial charge in [-0.1, -0.05) is 30.3 Å². The van der Waals surface area contributed by atoms with E-state index in [1.807, 2.05) is 26.0 Å². The number of hydrogen-bond acceptors (Lipinski definition) is 5. The summed E-state index contributed by atoms with van der Waals surface area (Å²) in [5.41, 5.74) is 6.95. The molecule has 0 radical (unpaired) electrons. The van der Waals surface area contributed by atoms with Crippen LogP contribution in [0.3, 0.4) is 0 Å². The second-order valence-electron chi connectivity index (χ2n) is 7.86. The average Bonchev–Trinajstić information content (AvgIpc) is 2.79. The molecule has 0 saturated heterocycles. The maximum Gasteiger partial charge on any atom is 0.335 e. The number of sulfonamides is 1. The summed E-state index contributed by atoms with van der Waals surface area (Å²) in [6.07, 6.45) is 2.57. The fraction of sp³-hybridized carbons (Fsp3) is 0.160. The van der Waals surface area contributed by atoms with Crippen LogP contribution in [-0.2, 0) is 16.6 Å². The van der Waals surface area contributed by atoms with Crippen LogP contribution in [-0.4, -0.2) is 37.9 Å². The first-order valence-corrected chi connectivity index (χ1v) is 12.2. The molecular weight excluding hydrogens is 454 g/mol. The SMILES string of the molecule is Cc1ccc(N(Cc2ccc(C(=O)N/N=C/c3ccc(C(=O)O)cc3)cc2)S(C)(=O)=O)cc1C. The standard InChI is InChI=1S/C25H25N3O5S/c1-17-4-13-23(14-18(17)2)28(34(3,32)33)16-20-7-9-21(10-8-20)24(29)27-26-15-19-5-11-22(12-6-19)25(30)31/h4-15H,16H2,1-3H3,(H,27,29)(H,30,31)/b26-15+. The molecule has 3 aromatic rings. The van der Waals surface area contributed by atoms with Crippen molar-refractivity contribution < 1.29 is 23.1 Å². The van der Waals surface area contributed by atoms with Crippen LogP contribution >= 0.6 is 0 Å². The molecule has 0 fully saturated rings. The van der Waals surface area contributed by atoms with Crippen molar-refractivity contribution in [3.8, 4) is 0 Å². The minimum Gasteiger partial charge on any atom is -0.478 e. The Morgan fingerprint density at radius 3 is 2.12 bits per heavy atom. The maximum atomic E-state index is 12.4. The minimum absolute atomic E-state index is 0.133. The Kier molecular flexibility index (Phi) is 7.47. The Hall–Kier alpha value is -3.98. The van der Waals surface area contributed by atoms with Crippen molar-refractivity contribution in [3.05, 3.63) is 100 Å². The molecule has 0 bridgehead atoms. The van der Waals surface area contributed by atoms with E-state index in [-0.39, 0.29) is 12.1 Å². The van der Waals surface area contributed by atoms with Crippen LogP contribution in [0.2, 0.25) is 0 Å². The number of amides is 1. The minimum atomic E-state index is -3.52. The number of carboxylic acid groups (broad SMARTS) is 1. The number of carbonyl (C=O) groups excluding carboxylic acids is 1. The lowest BCUT2D eigenvalue weighted by atomic mass is 10.1. The van der Waals surface area contributed by atoms with Crippen LogP contribution in [0.25, 0.3) is 0 Å². The Bertz CT molecular complexity index is 1330. The quantitative estimate of drug-likeness (QED) is 0.377. The molecule has 34 heavy (non-hydrogen) atoms. The molecule has 0 atom stereocenters. The van der Waals surface area contributed by atoms with Crippen LogP contribution in [0, 0.1) is 13.8 Å². The monoisotopic (exact) mass is 479 g/mol. The first-order valence-electron chi connectivity index (χ1n) is 10.4. The number of benzene rings is 3. The molecule has 8 nitrogen and oxygen atoms in total. The molecule has 3 rings (SSSR count). The van der Waals surface area contributed by atoms with Crippen molar-refractivity contribution in [1.82, 2.24) is 5.43 Å². The summed E-state index contributed by atoms with van der Waals surface area (Å²) in [5.74, 6) is -1.45. The molecule has 0 aliphatic heterocycles. The smallest absolute Gasteiger partial charge is 0.335 e. The number of anilines is 1. The van der Waals surface area contributed by atoms with Gasteiger partial charge in [0.1, 0.15) is 0 Å². The van der Waals surface area contributed by atoms with Crippen molar-refractivity contribution in [2.45, 2.75) is 20.4 Å². The lowest BCUT2D eigenvalue weighted by molar-refractivity contribution is 0.0696. The summed E-state index contributed by atoms with van der Waals surface area (Å²) in [6.45, 7) is 4.03. The highest BCUT2D eigenvalue weighted by Crippen LogP contribution is 2.23. The van der Waals surface area contributed by atoms with Gasteiger partial charge in [0.25, 0.3) is 5.91 Å². The van der Waals surface area contributed by atoms with E-state index in [0.29, 0.717) is 16.8 Å². The van der Waals surface area contributed by atoms with Gasteiger partial charge in [0, 0.05) is 5.56 Å². The molecule has 0 spiro atoms. The van der Waals surface area contributed by atoms with Crippen molar-refractivity contribution in [1.29, 1.82) is 0 Å². The zero-order chi connectivity index (χ0) is 24.9. The number of nitrogens with zero attached hydrogens (tertiary/aromatic N) is 2. The summed E-state index contributed by atoms with van der Waals surface area (Å²) >= 11 is 0. The van der Waals surface area contributed by atoms with Gasteiger partial charge in [-0.25, -0.2) is 18.6 Å². The van der Waals surface area contributed by atoms with E-state index in [9.17, 15) is 18.0 Å². The van der Waals surface area contributed by atoms with Crippen molar-refractivity contribution in [2.75, 3.05) is 10.6 Å². The largest absolute Gasteiger partial charge is 0.478 e. The van der Waals surface area contributed by atoms with Gasteiger partial charge in [0.05, 0.1) is 30.3 Å². The predicted octanol–water partition coefficient (Wildman–Crippen LogP) is 3.73. The number of carbonyl (C=O) groups is 2. The first kappa shape index (κ1) is 24.7. The van der Waals surface area contributed by atoms with E-state index in [1.54, 1.807) is 42.5 Å². The third-order valence-electron chi connectivity index (χ3n) is 5.26. The molecule has 9 heteroatoms. The summed E-state index contributed by atoms with van der Waals surface area (Å²) in [5, 5.41) is 12.8. The highest BCUT2D eigenvalue weighted by molar-refractivity contribution is 7.92. The summed E-state index contributed by atoms with van der Waals surface area (Å²) in [4.78, 5) is 23.2. The molecule has 0 heterocycles. The fourth-order valence-corrected chi connectivity index (χ4v) is 4.03. The van der Waals surface area contributed by atoms with Gasteiger partial charge in [-0.15, -0.1) is 0 Å². The molecular formula is C25H25N3O5S. The van der Waals surface area contributed by atoms with Gasteiger partial charge in [-0.2, -0.15) is 5.10 Å². The zero-order valence-electron chi connectivity index (χ0n) is 19.0. The van der Waals surface area contributed by atoms with Gasteiger partial charge in [-0.05, 0) is 72.5 Å². The van der Waals surface area contributed by atoms with E-state index < -0.39 is 21.9 Å². The van der Waals surface area contributed by atoms with Crippen LogP contribution in [0.1, 0.15) is 43.0 Å². The number of rotatable bonds is 8. The summed E-state index contributed by atoms with van der Waals surface area (Å²) in [7, 11) is -3.52. The third kappa shape index (κ3) is 6.29. The average molecular weight is 480 g/mol. The predicted molar refractivity (Wildman–Crippen MR) is 132 cm³/mol. The lowest BCUT2D eigenvalue weighted by Gasteiger charge is -2.23. The Morgan fingerprint density at radius 2 is 1.56 bits per heavy atom. The fourth-order valence-electron chi connectivity index (χ4n) is 3.15. The van der Waals surface area contributed by atoms with Gasteiger partial charge in [0.15, 0.2) is 0 Å². The Balaban J connectivity index is 1.67. The molecule has 1 amide bonds. The van der Waals surface area contributed by atoms with Crippen molar-refractivity contribution in [3.63, 3.8) is 0 Å². The Morgan fingerprint density at radius 1 is 0.941 bits per heavy atom. The molecule has 0 aliphatic carbocycles. The van der Waals surface area contributed by atoms with E-state index in [0.717, 1.165) is 22.9 Å². The lowest BCUT2D eigenvalue weighted by Crippen LogP contribution is -2.29. The van der Waals surface area contributed by atoms with Gasteiger partial charge >= 0.3 is 5.97 Å². The molecule has 3 aromatic carbocycles. The molecule has 0 aliphatic rings. The first-order chi connectivity index (χ1) is 16.0. The van der Waals surface area contributed by atoms with Crippen molar-refractivity contribution in [2.24, 2.45) is 5.10 Å². The van der Waals surface area contributed by atoms with Gasteiger partial charge in [-0.3, -0.25) is 9.10 Å². The van der Waals surface area contributed by atoms with E-state index in [1.165, 1.54) is 22.7 Å². The zero-order valence-corrected chi connectivity index (χ0v) is 19.8. The van der Waals surface area contributed by atoms with E-state index in [4.69, 9.17) is 5.11 Å². The van der Waals surface area contributed by atoms with Crippen LogP contribution < -0.4 is 9.73 Å². The number of carboxylic acids is 1. The Labute approximate surface area is 198 Å². The number of nitrogens with one attached hydrogen (secondary N) is 1. The summed E-state index contributed by atoms with van der Waals surface area (Å²) in [6, 6.07) is 18.1. The molecule has 0 unspecified atom stereocenters. The number of hydrogen-bond donors (Lipinski definition) is 2. The van der Waals surface area contributed by atoms with Crippen molar-refractivity contribution >= 4 is 33.8 Å². The third-order valence-corrected chi connectivity index (χ3v) is 6.40. The highest BCUT2D eigenvalue weighted by Gasteiger charge is 2.18. The topological polar surface area (TPSA) is 116 Å².